The Balaban J connectivity index is 1.55. The number of rotatable bonds is 4. The number of nitrogens with zero attached hydrogens (tertiary/aromatic N) is 5. The fourth-order valence-electron chi connectivity index (χ4n) is 2.87. The molecular formula is C17H14BrN5OS. The summed E-state index contributed by atoms with van der Waals surface area (Å²) in [5, 5.41) is 10.7. The normalized spacial score (nSPS) is 14.5. The van der Waals surface area contributed by atoms with Gasteiger partial charge in [-0.2, -0.15) is 0 Å². The Morgan fingerprint density at radius 2 is 2.16 bits per heavy atom. The van der Waals surface area contributed by atoms with Crippen molar-refractivity contribution in [2.75, 3.05) is 0 Å². The number of aryl methyl sites for hydroxylation is 1. The Bertz CT molecular complexity index is 1100. The minimum atomic E-state index is 0.563. The highest BCUT2D eigenvalue weighted by Gasteiger charge is 2.24. The summed E-state index contributed by atoms with van der Waals surface area (Å²) in [6.45, 7) is 2.97. The Morgan fingerprint density at radius 1 is 1.28 bits per heavy atom. The van der Waals surface area contributed by atoms with Crippen LogP contribution in [0.2, 0.25) is 0 Å². The van der Waals surface area contributed by atoms with E-state index in [0.717, 1.165) is 43.7 Å². The van der Waals surface area contributed by atoms with Crippen molar-refractivity contribution >= 4 is 48.5 Å². The molecule has 0 spiro atoms. The van der Waals surface area contributed by atoms with Gasteiger partial charge in [0.25, 0.3) is 0 Å². The van der Waals surface area contributed by atoms with Crippen molar-refractivity contribution in [2.45, 2.75) is 26.3 Å². The van der Waals surface area contributed by atoms with E-state index in [4.69, 9.17) is 4.74 Å². The maximum absolute atomic E-state index is 6.08. The van der Waals surface area contributed by atoms with E-state index < -0.39 is 0 Å². The maximum atomic E-state index is 6.08. The van der Waals surface area contributed by atoms with Gasteiger partial charge in [-0.05, 0) is 64.7 Å². The van der Waals surface area contributed by atoms with Crippen molar-refractivity contribution in [3.63, 3.8) is 0 Å². The van der Waals surface area contributed by atoms with Gasteiger partial charge in [-0.15, -0.1) is 16.4 Å². The molecule has 4 aromatic rings. The standard InChI is InChI=1S/C17H14BrN5OS/c1-9-7-25-16-14(9)19-8-20-17(16)24-12-5-4-11-15(13(12)18)21-22-23(11)6-10-2-3-10/h4-5,7-8,10H,2-3,6H2,1H3. The lowest BCUT2D eigenvalue weighted by atomic mass is 10.3. The van der Waals surface area contributed by atoms with Gasteiger partial charge in [0.1, 0.15) is 22.3 Å². The lowest BCUT2D eigenvalue weighted by Gasteiger charge is -2.08. The Hall–Kier alpha value is -2.06. The second-order valence-electron chi connectivity index (χ2n) is 6.34. The smallest absolute Gasteiger partial charge is 0.240 e. The van der Waals surface area contributed by atoms with Crippen LogP contribution in [0.3, 0.4) is 0 Å². The molecule has 0 saturated heterocycles. The molecular weight excluding hydrogens is 402 g/mol. The molecule has 5 rings (SSSR count). The average molecular weight is 416 g/mol. The molecule has 6 nitrogen and oxygen atoms in total. The van der Waals surface area contributed by atoms with Crippen LogP contribution < -0.4 is 4.74 Å². The first-order valence-corrected chi connectivity index (χ1v) is 9.76. The van der Waals surface area contributed by atoms with Crippen LogP contribution in [0.4, 0.5) is 0 Å². The highest BCUT2D eigenvalue weighted by atomic mass is 79.9. The number of halogens is 1. The van der Waals surface area contributed by atoms with Crippen LogP contribution in [-0.4, -0.2) is 25.0 Å². The molecule has 126 valence electrons. The molecule has 3 heterocycles. The SMILES string of the molecule is Cc1csc2c(Oc3ccc4c(nnn4CC4CC4)c3Br)ncnc12. The highest BCUT2D eigenvalue weighted by molar-refractivity contribution is 9.10. The van der Waals surface area contributed by atoms with E-state index in [1.54, 1.807) is 11.3 Å². The van der Waals surface area contributed by atoms with Crippen LogP contribution in [-0.2, 0) is 6.54 Å². The summed E-state index contributed by atoms with van der Waals surface area (Å²) >= 11 is 5.21. The van der Waals surface area contributed by atoms with Crippen molar-refractivity contribution in [2.24, 2.45) is 5.92 Å². The van der Waals surface area contributed by atoms with Gasteiger partial charge in [0.2, 0.25) is 5.88 Å². The number of aromatic nitrogens is 5. The predicted octanol–water partition coefficient (Wildman–Crippen LogP) is 4.71. The number of hydrogen-bond donors (Lipinski definition) is 0. The third kappa shape index (κ3) is 2.60. The minimum absolute atomic E-state index is 0.563. The van der Waals surface area contributed by atoms with Gasteiger partial charge < -0.3 is 4.74 Å². The Morgan fingerprint density at radius 3 is 3.00 bits per heavy atom. The summed E-state index contributed by atoms with van der Waals surface area (Å²) < 4.78 is 9.81. The van der Waals surface area contributed by atoms with Crippen LogP contribution in [0.5, 0.6) is 11.6 Å². The quantitative estimate of drug-likeness (QED) is 0.482. The lowest BCUT2D eigenvalue weighted by molar-refractivity contribution is 0.467. The molecule has 3 aromatic heterocycles. The molecule has 25 heavy (non-hydrogen) atoms. The Kier molecular flexibility index (Phi) is 3.49. The number of hydrogen-bond acceptors (Lipinski definition) is 6. The number of fused-ring (bicyclic) bond motifs is 2. The number of benzene rings is 1. The largest absolute Gasteiger partial charge is 0.436 e. The summed E-state index contributed by atoms with van der Waals surface area (Å²) in [6.07, 6.45) is 4.11. The van der Waals surface area contributed by atoms with Gasteiger partial charge in [0.05, 0.1) is 15.5 Å². The number of ether oxygens (including phenoxy) is 1. The zero-order chi connectivity index (χ0) is 17.0. The summed E-state index contributed by atoms with van der Waals surface area (Å²) in [5.74, 6) is 1.99. The van der Waals surface area contributed by atoms with Crippen molar-refractivity contribution in [3.05, 3.63) is 33.9 Å². The van der Waals surface area contributed by atoms with E-state index in [1.165, 1.54) is 19.2 Å². The first-order valence-electron chi connectivity index (χ1n) is 8.09. The Labute approximate surface area is 156 Å². The first kappa shape index (κ1) is 15.2. The van der Waals surface area contributed by atoms with Crippen molar-refractivity contribution in [3.8, 4) is 11.6 Å². The van der Waals surface area contributed by atoms with E-state index in [1.807, 2.05) is 23.7 Å². The summed E-state index contributed by atoms with van der Waals surface area (Å²) in [7, 11) is 0. The molecule has 1 aromatic carbocycles. The van der Waals surface area contributed by atoms with E-state index in [9.17, 15) is 0 Å². The fourth-order valence-corrected chi connectivity index (χ4v) is 4.29. The third-order valence-corrected chi connectivity index (χ3v) is 6.26. The molecule has 1 aliphatic carbocycles. The average Bonchev–Trinajstić information content (AvgIpc) is 3.22. The number of thiophene rings is 1. The molecule has 0 aliphatic heterocycles. The van der Waals surface area contributed by atoms with Gasteiger partial charge >= 0.3 is 0 Å². The lowest BCUT2D eigenvalue weighted by Crippen LogP contribution is -2.01. The van der Waals surface area contributed by atoms with Crippen molar-refractivity contribution < 1.29 is 4.74 Å². The molecule has 1 aliphatic rings. The van der Waals surface area contributed by atoms with E-state index in [2.05, 4.69) is 41.6 Å². The summed E-state index contributed by atoms with van der Waals surface area (Å²) in [4.78, 5) is 8.64. The molecule has 1 saturated carbocycles. The van der Waals surface area contributed by atoms with Crippen molar-refractivity contribution in [1.29, 1.82) is 0 Å². The predicted molar refractivity (Wildman–Crippen MR) is 100 cm³/mol. The van der Waals surface area contributed by atoms with Crippen LogP contribution >= 0.6 is 27.3 Å². The second-order valence-corrected chi connectivity index (χ2v) is 8.01. The molecule has 0 radical (unpaired) electrons. The topological polar surface area (TPSA) is 65.7 Å². The second kappa shape index (κ2) is 5.74. The third-order valence-electron chi connectivity index (χ3n) is 4.42. The monoisotopic (exact) mass is 415 g/mol. The fraction of sp³-hybridized carbons (Fsp3) is 0.294. The van der Waals surface area contributed by atoms with Gasteiger partial charge in [-0.25, -0.2) is 14.6 Å². The molecule has 0 N–H and O–H groups in total. The van der Waals surface area contributed by atoms with E-state index in [-0.39, 0.29) is 0 Å². The zero-order valence-corrected chi connectivity index (χ0v) is 15.8. The maximum Gasteiger partial charge on any atom is 0.240 e. The van der Waals surface area contributed by atoms with Crippen LogP contribution in [0.15, 0.2) is 28.3 Å². The summed E-state index contributed by atoms with van der Waals surface area (Å²) in [6, 6.07) is 3.95. The van der Waals surface area contributed by atoms with Gasteiger partial charge in [-0.1, -0.05) is 5.21 Å². The van der Waals surface area contributed by atoms with Gasteiger partial charge in [0, 0.05) is 6.54 Å². The first-order chi connectivity index (χ1) is 12.2. The van der Waals surface area contributed by atoms with Crippen molar-refractivity contribution in [1.82, 2.24) is 25.0 Å². The minimum Gasteiger partial charge on any atom is -0.436 e. The highest BCUT2D eigenvalue weighted by Crippen LogP contribution is 2.38. The van der Waals surface area contributed by atoms with Crippen LogP contribution in [0.25, 0.3) is 21.3 Å². The molecule has 1 fully saturated rings. The molecule has 0 bridgehead atoms. The van der Waals surface area contributed by atoms with E-state index >= 15 is 0 Å². The van der Waals surface area contributed by atoms with Crippen LogP contribution in [0, 0.1) is 12.8 Å². The van der Waals surface area contributed by atoms with Gasteiger partial charge in [-0.3, -0.25) is 0 Å². The molecule has 0 unspecified atom stereocenters. The molecule has 0 atom stereocenters. The zero-order valence-electron chi connectivity index (χ0n) is 13.4. The van der Waals surface area contributed by atoms with Crippen LogP contribution in [0.1, 0.15) is 18.4 Å². The molecule has 0 amide bonds. The van der Waals surface area contributed by atoms with E-state index in [0.29, 0.717) is 11.6 Å². The molecule has 8 heteroatoms. The van der Waals surface area contributed by atoms with Gasteiger partial charge in [0.15, 0.2) is 0 Å². The summed E-state index contributed by atoms with van der Waals surface area (Å²) in [5.41, 5.74) is 3.89.